The number of fused-ring (bicyclic) bond motifs is 1. The van der Waals surface area contributed by atoms with Gasteiger partial charge in [-0.25, -0.2) is 4.79 Å². The van der Waals surface area contributed by atoms with E-state index in [0.29, 0.717) is 11.3 Å². The van der Waals surface area contributed by atoms with Crippen LogP contribution < -0.4 is 4.90 Å². The summed E-state index contributed by atoms with van der Waals surface area (Å²) in [6.45, 7) is 0.221. The number of ketones is 1. The van der Waals surface area contributed by atoms with Gasteiger partial charge in [0.15, 0.2) is 0 Å². The molecule has 0 spiro atoms. The molecule has 3 rings (SSSR count). The van der Waals surface area contributed by atoms with E-state index < -0.39 is 17.7 Å². The van der Waals surface area contributed by atoms with Gasteiger partial charge in [0.2, 0.25) is 0 Å². The topological polar surface area (TPSA) is 74.7 Å². The molecular weight excluding hydrogens is 350 g/mol. The number of benzene rings is 2. The molecule has 5 nitrogen and oxygen atoms in total. The van der Waals surface area contributed by atoms with Crippen molar-refractivity contribution < 1.29 is 19.5 Å². The van der Waals surface area contributed by atoms with Gasteiger partial charge in [-0.05, 0) is 35.9 Å². The Morgan fingerprint density at radius 1 is 1.09 bits per heavy atom. The number of carbonyl (C=O) groups is 3. The fourth-order valence-corrected chi connectivity index (χ4v) is 2.73. The molecule has 2 aromatic rings. The SMILES string of the molecule is O=C(O)c1ccc(CN2C(=O)C(=O)c3cc(Br)ccc32)cc1. The fourth-order valence-electron chi connectivity index (χ4n) is 2.36. The molecule has 1 aliphatic heterocycles. The number of carboxylic acid groups (broad SMARTS) is 1. The molecule has 6 heteroatoms. The molecule has 0 atom stereocenters. The van der Waals surface area contributed by atoms with E-state index >= 15 is 0 Å². The third kappa shape index (κ3) is 2.42. The first kappa shape index (κ1) is 14.5. The van der Waals surface area contributed by atoms with E-state index in [9.17, 15) is 14.4 Å². The van der Waals surface area contributed by atoms with Crippen molar-refractivity contribution >= 4 is 39.3 Å². The molecule has 0 aromatic heterocycles. The number of halogens is 1. The Morgan fingerprint density at radius 2 is 1.77 bits per heavy atom. The van der Waals surface area contributed by atoms with Gasteiger partial charge in [-0.2, -0.15) is 0 Å². The van der Waals surface area contributed by atoms with Crippen LogP contribution in [-0.2, 0) is 11.3 Å². The van der Waals surface area contributed by atoms with Crippen molar-refractivity contribution in [2.45, 2.75) is 6.54 Å². The molecule has 1 amide bonds. The van der Waals surface area contributed by atoms with Crippen molar-refractivity contribution in [1.82, 2.24) is 0 Å². The van der Waals surface area contributed by atoms with E-state index in [1.807, 2.05) is 0 Å². The average molecular weight is 360 g/mol. The number of anilines is 1. The summed E-state index contributed by atoms with van der Waals surface area (Å²) in [7, 11) is 0. The minimum atomic E-state index is -1.01. The molecule has 1 N–H and O–H groups in total. The highest BCUT2D eigenvalue weighted by Crippen LogP contribution is 2.32. The number of rotatable bonds is 3. The summed E-state index contributed by atoms with van der Waals surface area (Å²) in [5, 5.41) is 8.88. The van der Waals surface area contributed by atoms with Crippen LogP contribution in [0, 0.1) is 0 Å². The highest BCUT2D eigenvalue weighted by atomic mass is 79.9. The van der Waals surface area contributed by atoms with Crippen LogP contribution in [0.3, 0.4) is 0 Å². The van der Waals surface area contributed by atoms with Crippen molar-refractivity contribution in [3.05, 3.63) is 63.6 Å². The van der Waals surface area contributed by atoms with E-state index in [-0.39, 0.29) is 12.1 Å². The summed E-state index contributed by atoms with van der Waals surface area (Å²) < 4.78 is 0.736. The first-order valence-electron chi connectivity index (χ1n) is 6.45. The molecule has 0 saturated carbocycles. The zero-order chi connectivity index (χ0) is 15.9. The van der Waals surface area contributed by atoms with Crippen molar-refractivity contribution in [1.29, 1.82) is 0 Å². The Balaban J connectivity index is 1.91. The lowest BCUT2D eigenvalue weighted by molar-refractivity contribution is -0.114. The van der Waals surface area contributed by atoms with Crippen molar-refractivity contribution in [3.63, 3.8) is 0 Å². The maximum atomic E-state index is 12.1. The maximum Gasteiger partial charge on any atom is 0.335 e. The summed E-state index contributed by atoms with van der Waals surface area (Å²) in [5.41, 5.74) is 1.88. The molecule has 0 aliphatic carbocycles. The van der Waals surface area contributed by atoms with Gasteiger partial charge >= 0.3 is 5.97 Å². The molecule has 0 fully saturated rings. The molecular formula is C16H10BrNO4. The van der Waals surface area contributed by atoms with Gasteiger partial charge in [0.05, 0.1) is 23.4 Å². The van der Waals surface area contributed by atoms with E-state index in [1.165, 1.54) is 17.0 Å². The van der Waals surface area contributed by atoms with Crippen LogP contribution in [0.5, 0.6) is 0 Å². The van der Waals surface area contributed by atoms with E-state index in [1.54, 1.807) is 30.3 Å². The maximum absolute atomic E-state index is 12.1. The average Bonchev–Trinajstić information content (AvgIpc) is 2.73. The second kappa shape index (κ2) is 5.38. The summed E-state index contributed by atoms with van der Waals surface area (Å²) in [6, 6.07) is 11.3. The molecule has 22 heavy (non-hydrogen) atoms. The van der Waals surface area contributed by atoms with Gasteiger partial charge in [-0.3, -0.25) is 9.59 Å². The van der Waals surface area contributed by atoms with Gasteiger partial charge in [-0.15, -0.1) is 0 Å². The Bertz CT molecular complexity index is 798. The summed E-state index contributed by atoms with van der Waals surface area (Å²) in [6.07, 6.45) is 0. The van der Waals surface area contributed by atoms with Gasteiger partial charge < -0.3 is 10.0 Å². The molecule has 1 aliphatic rings. The van der Waals surface area contributed by atoms with Crippen LogP contribution in [0.1, 0.15) is 26.3 Å². The monoisotopic (exact) mass is 359 g/mol. The van der Waals surface area contributed by atoms with E-state index in [4.69, 9.17) is 5.11 Å². The van der Waals surface area contributed by atoms with Crippen molar-refractivity contribution in [2.75, 3.05) is 4.90 Å². The number of aromatic carboxylic acids is 1. The third-order valence-electron chi connectivity index (χ3n) is 3.47. The number of nitrogens with zero attached hydrogens (tertiary/aromatic N) is 1. The van der Waals surface area contributed by atoms with Crippen LogP contribution in [0.2, 0.25) is 0 Å². The molecule has 2 aromatic carbocycles. The molecule has 1 heterocycles. The smallest absolute Gasteiger partial charge is 0.335 e. The molecule has 110 valence electrons. The standard InChI is InChI=1S/C16H10BrNO4/c17-11-5-6-13-12(7-11)14(19)15(20)18(13)8-9-1-3-10(4-2-9)16(21)22/h1-7H,8H2,(H,21,22). The predicted octanol–water partition coefficient (Wildman–Crippen LogP) is 2.88. The second-order valence-electron chi connectivity index (χ2n) is 4.88. The molecule has 0 saturated heterocycles. The number of amides is 1. The number of Topliss-reactive ketones (excluding diaryl/α,β-unsaturated/α-hetero) is 1. The lowest BCUT2D eigenvalue weighted by Gasteiger charge is -2.16. The quantitative estimate of drug-likeness (QED) is 0.855. The van der Waals surface area contributed by atoms with Gasteiger partial charge in [0, 0.05) is 4.47 Å². The first-order chi connectivity index (χ1) is 10.5. The van der Waals surface area contributed by atoms with Crippen LogP contribution in [-0.4, -0.2) is 22.8 Å². The Labute approximate surface area is 134 Å². The van der Waals surface area contributed by atoms with Gasteiger partial charge in [0.1, 0.15) is 0 Å². The summed E-state index contributed by atoms with van der Waals surface area (Å²) in [5.74, 6) is -2.11. The molecule has 0 unspecified atom stereocenters. The number of hydrogen-bond acceptors (Lipinski definition) is 3. The lowest BCUT2D eigenvalue weighted by Crippen LogP contribution is -2.29. The Kier molecular flexibility index (Phi) is 3.54. The van der Waals surface area contributed by atoms with Crippen LogP contribution in [0.15, 0.2) is 46.9 Å². The zero-order valence-electron chi connectivity index (χ0n) is 11.2. The van der Waals surface area contributed by atoms with Gasteiger partial charge in [0.25, 0.3) is 11.7 Å². The number of carbonyl (C=O) groups excluding carboxylic acids is 2. The highest BCUT2D eigenvalue weighted by molar-refractivity contribution is 9.10. The highest BCUT2D eigenvalue weighted by Gasteiger charge is 2.35. The van der Waals surface area contributed by atoms with Crippen LogP contribution in [0.4, 0.5) is 5.69 Å². The lowest BCUT2D eigenvalue weighted by atomic mass is 10.1. The number of hydrogen-bond donors (Lipinski definition) is 1. The number of carboxylic acids is 1. The Morgan fingerprint density at radius 3 is 2.41 bits per heavy atom. The zero-order valence-corrected chi connectivity index (χ0v) is 12.8. The van der Waals surface area contributed by atoms with Crippen molar-refractivity contribution in [2.24, 2.45) is 0 Å². The van der Waals surface area contributed by atoms with E-state index in [0.717, 1.165) is 10.0 Å². The molecule has 0 radical (unpaired) electrons. The Hall–Kier alpha value is -2.47. The fraction of sp³-hybridized carbons (Fsp3) is 0.0625. The van der Waals surface area contributed by atoms with Crippen molar-refractivity contribution in [3.8, 4) is 0 Å². The minimum Gasteiger partial charge on any atom is -0.478 e. The predicted molar refractivity (Wildman–Crippen MR) is 83.1 cm³/mol. The van der Waals surface area contributed by atoms with E-state index in [2.05, 4.69) is 15.9 Å². The first-order valence-corrected chi connectivity index (χ1v) is 7.24. The third-order valence-corrected chi connectivity index (χ3v) is 3.97. The second-order valence-corrected chi connectivity index (χ2v) is 5.80. The van der Waals surface area contributed by atoms with Crippen LogP contribution in [0.25, 0.3) is 0 Å². The summed E-state index contributed by atoms with van der Waals surface area (Å²) in [4.78, 5) is 36.4. The largest absolute Gasteiger partial charge is 0.478 e. The normalized spacial score (nSPS) is 13.4. The van der Waals surface area contributed by atoms with Crippen LogP contribution >= 0.6 is 15.9 Å². The van der Waals surface area contributed by atoms with Gasteiger partial charge in [-0.1, -0.05) is 28.1 Å². The minimum absolute atomic E-state index is 0.178. The molecule has 0 bridgehead atoms. The summed E-state index contributed by atoms with van der Waals surface area (Å²) >= 11 is 3.28.